The van der Waals surface area contributed by atoms with Crippen LogP contribution >= 0.6 is 11.6 Å². The highest BCUT2D eigenvalue weighted by Crippen LogP contribution is 2.30. The summed E-state index contributed by atoms with van der Waals surface area (Å²) in [6.07, 6.45) is 0.998. The van der Waals surface area contributed by atoms with Gasteiger partial charge in [0.1, 0.15) is 0 Å². The molecule has 10 heteroatoms. The van der Waals surface area contributed by atoms with Crippen LogP contribution in [0.3, 0.4) is 0 Å². The van der Waals surface area contributed by atoms with Crippen molar-refractivity contribution in [2.45, 2.75) is 11.3 Å². The van der Waals surface area contributed by atoms with Gasteiger partial charge in [0.05, 0.1) is 20.4 Å². The molecule has 0 saturated carbocycles. The van der Waals surface area contributed by atoms with Gasteiger partial charge in [-0.3, -0.25) is 19.7 Å². The van der Waals surface area contributed by atoms with Gasteiger partial charge >= 0.3 is 0 Å². The number of nitrogens with zero attached hydrogens (tertiary/aromatic N) is 1. The number of primary sulfonamides is 1. The van der Waals surface area contributed by atoms with Crippen molar-refractivity contribution in [2.24, 2.45) is 5.14 Å². The number of hydrogen-bond acceptors (Lipinski definition) is 6. The van der Waals surface area contributed by atoms with Crippen LogP contribution in [0.15, 0.2) is 52.9 Å². The average Bonchev–Trinajstić information content (AvgIpc) is 2.59. The van der Waals surface area contributed by atoms with Crippen LogP contribution in [-0.4, -0.2) is 24.9 Å². The number of sulfonamides is 1. The number of nitro groups is 1. The van der Waals surface area contributed by atoms with Gasteiger partial charge in [-0.05, 0) is 17.7 Å². The normalized spacial score (nSPS) is 13.9. The molecule has 0 unspecified atom stereocenters. The predicted molar refractivity (Wildman–Crippen MR) is 96.4 cm³/mol. The quantitative estimate of drug-likeness (QED) is 0.611. The summed E-state index contributed by atoms with van der Waals surface area (Å²) in [5, 5.41) is 16.0. The van der Waals surface area contributed by atoms with Crippen molar-refractivity contribution in [3.05, 3.63) is 79.9 Å². The molecule has 3 rings (SSSR count). The Morgan fingerprint density at radius 1 is 1.15 bits per heavy atom. The van der Waals surface area contributed by atoms with Gasteiger partial charge < -0.3 is 0 Å². The molecule has 0 aliphatic heterocycles. The molecule has 0 bridgehead atoms. The molecular formula is C17H11ClN2O6S. The zero-order valence-electron chi connectivity index (χ0n) is 13.5. The summed E-state index contributed by atoms with van der Waals surface area (Å²) >= 11 is 6.04. The Morgan fingerprint density at radius 2 is 1.85 bits per heavy atom. The number of nitrogens with two attached hydrogens (primary N) is 1. The van der Waals surface area contributed by atoms with Crippen LogP contribution in [-0.2, 0) is 16.4 Å². The first-order valence-electron chi connectivity index (χ1n) is 7.48. The molecule has 0 spiro atoms. The van der Waals surface area contributed by atoms with E-state index in [-0.39, 0.29) is 33.8 Å². The summed E-state index contributed by atoms with van der Waals surface area (Å²) in [6, 6.07) is 7.62. The molecule has 2 aromatic rings. The Morgan fingerprint density at radius 3 is 2.44 bits per heavy atom. The maximum Gasteiger partial charge on any atom is 0.270 e. The third-order valence-corrected chi connectivity index (χ3v) is 5.35. The van der Waals surface area contributed by atoms with Crippen LogP contribution in [0.25, 0.3) is 0 Å². The SMILES string of the molecule is NS(=O)(=O)c1cccc2c1C(=O)C=C(Cc1ccc([N+](=O)[O-])cc1Cl)C2=O. The van der Waals surface area contributed by atoms with Crippen molar-refractivity contribution in [3.8, 4) is 0 Å². The smallest absolute Gasteiger partial charge is 0.270 e. The third-order valence-electron chi connectivity index (χ3n) is 4.05. The van der Waals surface area contributed by atoms with Crippen LogP contribution in [0.5, 0.6) is 0 Å². The maximum atomic E-state index is 12.7. The lowest BCUT2D eigenvalue weighted by Gasteiger charge is -2.17. The molecule has 138 valence electrons. The van der Waals surface area contributed by atoms with Crippen LogP contribution in [0.2, 0.25) is 5.02 Å². The summed E-state index contributed by atoms with van der Waals surface area (Å²) in [4.78, 5) is 34.9. The lowest BCUT2D eigenvalue weighted by atomic mass is 9.86. The van der Waals surface area contributed by atoms with E-state index in [0.29, 0.717) is 5.56 Å². The number of hydrogen-bond donors (Lipinski definition) is 1. The van der Waals surface area contributed by atoms with E-state index in [1.165, 1.54) is 24.3 Å². The molecule has 0 saturated heterocycles. The second-order valence-electron chi connectivity index (χ2n) is 5.80. The van der Waals surface area contributed by atoms with E-state index in [2.05, 4.69) is 0 Å². The molecule has 0 heterocycles. The molecular weight excluding hydrogens is 396 g/mol. The van der Waals surface area contributed by atoms with Crippen LogP contribution in [0, 0.1) is 10.1 Å². The molecule has 1 aliphatic carbocycles. The Balaban J connectivity index is 2.02. The highest BCUT2D eigenvalue weighted by atomic mass is 35.5. The van der Waals surface area contributed by atoms with Gasteiger partial charge in [-0.1, -0.05) is 29.8 Å². The molecule has 2 aromatic carbocycles. The number of benzene rings is 2. The van der Waals surface area contributed by atoms with Gasteiger partial charge in [0.2, 0.25) is 10.0 Å². The number of fused-ring (bicyclic) bond motifs is 1. The third kappa shape index (κ3) is 3.52. The van der Waals surface area contributed by atoms with E-state index in [0.717, 1.165) is 18.2 Å². The van der Waals surface area contributed by atoms with Gasteiger partial charge in [-0.2, -0.15) is 0 Å². The Bertz CT molecular complexity index is 1150. The number of allylic oxidation sites excluding steroid dienone is 2. The summed E-state index contributed by atoms with van der Waals surface area (Å²) < 4.78 is 23.4. The molecule has 1 aliphatic rings. The van der Waals surface area contributed by atoms with Gasteiger partial charge in [-0.15, -0.1) is 0 Å². The van der Waals surface area contributed by atoms with Crippen molar-refractivity contribution in [3.63, 3.8) is 0 Å². The number of carbonyl (C=O) groups is 2. The minimum Gasteiger partial charge on any atom is -0.289 e. The summed E-state index contributed by atoms with van der Waals surface area (Å²) in [7, 11) is -4.18. The topological polar surface area (TPSA) is 137 Å². The Kier molecular flexibility index (Phi) is 4.68. The fourth-order valence-electron chi connectivity index (χ4n) is 2.81. The number of nitro benzene ring substituents is 1. The second kappa shape index (κ2) is 6.69. The average molecular weight is 407 g/mol. The van der Waals surface area contributed by atoms with Crippen LogP contribution < -0.4 is 5.14 Å². The molecule has 2 N–H and O–H groups in total. The first kappa shape index (κ1) is 18.9. The van der Waals surface area contributed by atoms with E-state index in [4.69, 9.17) is 16.7 Å². The van der Waals surface area contributed by atoms with Crippen molar-refractivity contribution in [1.82, 2.24) is 0 Å². The molecule has 0 radical (unpaired) electrons. The Labute approximate surface area is 158 Å². The minimum absolute atomic E-state index is 0.0412. The Hall–Kier alpha value is -2.88. The van der Waals surface area contributed by atoms with Crippen molar-refractivity contribution in [1.29, 1.82) is 0 Å². The summed E-state index contributed by atoms with van der Waals surface area (Å²) in [6.45, 7) is 0. The zero-order chi connectivity index (χ0) is 19.9. The fraction of sp³-hybridized carbons (Fsp3) is 0.0588. The lowest BCUT2D eigenvalue weighted by Crippen LogP contribution is -2.23. The molecule has 0 aromatic heterocycles. The van der Waals surface area contributed by atoms with Gasteiger partial charge in [0.15, 0.2) is 11.6 Å². The van der Waals surface area contributed by atoms with Gasteiger partial charge in [-0.25, -0.2) is 13.6 Å². The first-order chi connectivity index (χ1) is 12.6. The number of ketones is 2. The number of Topliss-reactive ketones (excluding diaryl/α,β-unsaturated/α-hetero) is 1. The van der Waals surface area contributed by atoms with E-state index >= 15 is 0 Å². The van der Waals surface area contributed by atoms with Gasteiger partial charge in [0, 0.05) is 29.7 Å². The predicted octanol–water partition coefficient (Wildman–Crippen LogP) is 2.44. The van der Waals surface area contributed by atoms with E-state index in [1.807, 2.05) is 0 Å². The van der Waals surface area contributed by atoms with Crippen molar-refractivity contribution < 1.29 is 22.9 Å². The molecule has 0 atom stereocenters. The molecule has 0 fully saturated rings. The van der Waals surface area contributed by atoms with Crippen LogP contribution in [0.4, 0.5) is 5.69 Å². The highest BCUT2D eigenvalue weighted by Gasteiger charge is 2.31. The largest absolute Gasteiger partial charge is 0.289 e. The fourth-order valence-corrected chi connectivity index (χ4v) is 3.82. The molecule has 0 amide bonds. The number of carbonyl (C=O) groups excluding carboxylic acids is 2. The second-order valence-corrected chi connectivity index (χ2v) is 7.73. The first-order valence-corrected chi connectivity index (χ1v) is 9.40. The number of halogens is 1. The number of rotatable bonds is 4. The zero-order valence-corrected chi connectivity index (χ0v) is 15.1. The molecule has 27 heavy (non-hydrogen) atoms. The molecule has 8 nitrogen and oxygen atoms in total. The summed E-state index contributed by atoms with van der Waals surface area (Å²) in [5.74, 6) is -1.20. The monoisotopic (exact) mass is 406 g/mol. The number of non-ortho nitro benzene ring substituents is 1. The maximum absolute atomic E-state index is 12.7. The highest BCUT2D eigenvalue weighted by molar-refractivity contribution is 7.89. The van der Waals surface area contributed by atoms with Crippen molar-refractivity contribution >= 4 is 38.9 Å². The van der Waals surface area contributed by atoms with E-state index < -0.39 is 31.4 Å². The van der Waals surface area contributed by atoms with Crippen molar-refractivity contribution in [2.75, 3.05) is 0 Å². The van der Waals surface area contributed by atoms with E-state index in [9.17, 15) is 28.1 Å². The van der Waals surface area contributed by atoms with Gasteiger partial charge in [0.25, 0.3) is 5.69 Å². The summed E-state index contributed by atoms with van der Waals surface area (Å²) in [5.41, 5.74) is -0.0203. The standard InChI is InChI=1S/C17H11ClN2O6S/c18-13-8-11(20(23)24)5-4-9(13)6-10-7-14(21)16-12(17(10)22)2-1-3-15(16)27(19,25)26/h1-5,7-8H,6H2,(H2,19,25,26). The van der Waals surface area contributed by atoms with Crippen LogP contribution in [0.1, 0.15) is 26.3 Å². The minimum atomic E-state index is -4.18. The van der Waals surface area contributed by atoms with E-state index in [1.54, 1.807) is 0 Å². The lowest BCUT2D eigenvalue weighted by molar-refractivity contribution is -0.384.